The summed E-state index contributed by atoms with van der Waals surface area (Å²) >= 11 is 0. The molecule has 1 saturated carbocycles. The summed E-state index contributed by atoms with van der Waals surface area (Å²) in [5, 5.41) is 9.35. The zero-order chi connectivity index (χ0) is 21.9. The van der Waals surface area contributed by atoms with Crippen LogP contribution in [0.25, 0.3) is 16.9 Å². The third kappa shape index (κ3) is 3.48. The Morgan fingerprint density at radius 3 is 2.81 bits per heavy atom. The molecule has 32 heavy (non-hydrogen) atoms. The lowest BCUT2D eigenvalue weighted by atomic mass is 9.77. The second-order valence-corrected chi connectivity index (χ2v) is 10.5. The summed E-state index contributed by atoms with van der Waals surface area (Å²) in [6.07, 6.45) is 10.3. The van der Waals surface area contributed by atoms with Crippen LogP contribution in [0.2, 0.25) is 0 Å². The molecule has 5 heterocycles. The fourth-order valence-corrected chi connectivity index (χ4v) is 6.56. The Hall–Kier alpha value is -2.51. The maximum Gasteiger partial charge on any atom is 0.151 e. The van der Waals surface area contributed by atoms with Gasteiger partial charge in [0.25, 0.3) is 0 Å². The molecule has 1 aliphatic carbocycles. The molecule has 4 unspecified atom stereocenters. The fourth-order valence-electron chi connectivity index (χ4n) is 6.56. The molecule has 3 aromatic heterocycles. The van der Waals surface area contributed by atoms with Gasteiger partial charge in [0, 0.05) is 49.4 Å². The Morgan fingerprint density at radius 2 is 2.00 bits per heavy atom. The van der Waals surface area contributed by atoms with Crippen molar-refractivity contribution in [3.8, 4) is 11.3 Å². The van der Waals surface area contributed by atoms with Gasteiger partial charge in [-0.1, -0.05) is 0 Å². The van der Waals surface area contributed by atoms with Gasteiger partial charge in [0.1, 0.15) is 5.65 Å². The topological polar surface area (TPSA) is 81.6 Å². The van der Waals surface area contributed by atoms with Crippen LogP contribution in [0.5, 0.6) is 0 Å². The van der Waals surface area contributed by atoms with Crippen LogP contribution < -0.4 is 10.6 Å². The van der Waals surface area contributed by atoms with Crippen LogP contribution in [-0.4, -0.2) is 50.4 Å². The van der Waals surface area contributed by atoms with E-state index in [1.54, 1.807) is 0 Å². The summed E-state index contributed by atoms with van der Waals surface area (Å²) in [6, 6.07) is 9.14. The Morgan fingerprint density at radius 1 is 1.09 bits per heavy atom. The van der Waals surface area contributed by atoms with Gasteiger partial charge in [-0.2, -0.15) is 0 Å². The van der Waals surface area contributed by atoms with Crippen molar-refractivity contribution >= 4 is 11.5 Å². The third-order valence-corrected chi connectivity index (χ3v) is 7.86. The summed E-state index contributed by atoms with van der Waals surface area (Å²) < 4.78 is 8.05. The van der Waals surface area contributed by atoms with Crippen LogP contribution in [0.15, 0.2) is 42.9 Å². The van der Waals surface area contributed by atoms with Crippen molar-refractivity contribution < 1.29 is 4.74 Å². The second-order valence-electron chi connectivity index (χ2n) is 10.5. The molecule has 7 heteroatoms. The molecule has 2 N–H and O–H groups in total. The number of hydrogen-bond acceptors (Lipinski definition) is 6. The lowest BCUT2D eigenvalue weighted by molar-refractivity contribution is -0.0784. The highest BCUT2D eigenvalue weighted by Crippen LogP contribution is 2.48. The summed E-state index contributed by atoms with van der Waals surface area (Å²) in [5.41, 5.74) is 9.19. The van der Waals surface area contributed by atoms with Gasteiger partial charge < -0.3 is 19.8 Å². The quantitative estimate of drug-likeness (QED) is 0.682. The van der Waals surface area contributed by atoms with Crippen LogP contribution >= 0.6 is 0 Å². The fraction of sp³-hybridized carbons (Fsp3) is 0.560. The third-order valence-electron chi connectivity index (χ3n) is 7.86. The summed E-state index contributed by atoms with van der Waals surface area (Å²) in [6.45, 7) is 6.33. The first-order chi connectivity index (χ1) is 15.5. The van der Waals surface area contributed by atoms with E-state index in [1.807, 2.05) is 22.9 Å². The average Bonchev–Trinajstić information content (AvgIpc) is 3.46. The molecule has 6 rings (SSSR count). The molecular formula is C25H32N6O. The first kappa shape index (κ1) is 20.1. The molecule has 2 aliphatic heterocycles. The second kappa shape index (κ2) is 7.52. The number of hydrogen-bond donors (Lipinski definition) is 1. The molecule has 168 valence electrons. The number of imidazole rings is 1. The number of fused-ring (bicyclic) bond motifs is 2. The lowest BCUT2D eigenvalue weighted by Crippen LogP contribution is -2.46. The SMILES string of the molecule is CC1(C)C[C@@H](C2C3CC(N)CC3CN2c2ccc(-c3ccc4nccn4c3)nn2)CCO1. The molecule has 3 aliphatic rings. The molecule has 7 nitrogen and oxygen atoms in total. The Labute approximate surface area is 189 Å². The van der Waals surface area contributed by atoms with Crippen molar-refractivity contribution in [1.29, 1.82) is 0 Å². The van der Waals surface area contributed by atoms with Gasteiger partial charge in [0.05, 0.1) is 11.3 Å². The smallest absolute Gasteiger partial charge is 0.151 e. The van der Waals surface area contributed by atoms with Gasteiger partial charge >= 0.3 is 0 Å². The maximum atomic E-state index is 6.39. The molecule has 5 atom stereocenters. The van der Waals surface area contributed by atoms with Crippen molar-refractivity contribution in [3.63, 3.8) is 0 Å². The van der Waals surface area contributed by atoms with Crippen LogP contribution in [0.1, 0.15) is 39.5 Å². The van der Waals surface area contributed by atoms with Gasteiger partial charge in [-0.05, 0) is 81.5 Å². The highest BCUT2D eigenvalue weighted by molar-refractivity contribution is 5.61. The molecule has 0 amide bonds. The highest BCUT2D eigenvalue weighted by Gasteiger charge is 2.51. The summed E-state index contributed by atoms with van der Waals surface area (Å²) in [5.74, 6) is 2.90. The van der Waals surface area contributed by atoms with E-state index in [0.717, 1.165) is 61.6 Å². The standard InChI is InChI=1S/C25H32N6O/c1-25(2)13-16(7-10-32-25)24-20-12-19(26)11-18(20)15-31(24)23-6-4-21(28-29-23)17-3-5-22-27-8-9-30(22)14-17/h3-6,8-9,14,16,18-20,24H,7,10-13,15,26H2,1-2H3/t16-,18?,19?,20?,24?/m0/s1. The van der Waals surface area contributed by atoms with E-state index < -0.39 is 0 Å². The van der Waals surface area contributed by atoms with Crippen LogP contribution in [-0.2, 0) is 4.74 Å². The Kier molecular flexibility index (Phi) is 4.73. The van der Waals surface area contributed by atoms with E-state index in [2.05, 4.69) is 53.2 Å². The molecular weight excluding hydrogens is 400 g/mol. The van der Waals surface area contributed by atoms with E-state index >= 15 is 0 Å². The number of pyridine rings is 1. The van der Waals surface area contributed by atoms with Gasteiger partial charge in [0.2, 0.25) is 0 Å². The predicted molar refractivity (Wildman–Crippen MR) is 124 cm³/mol. The number of aromatic nitrogens is 4. The lowest BCUT2D eigenvalue weighted by Gasteiger charge is -2.42. The van der Waals surface area contributed by atoms with Gasteiger partial charge in [-0.3, -0.25) is 0 Å². The van der Waals surface area contributed by atoms with E-state index in [-0.39, 0.29) is 5.60 Å². The maximum absolute atomic E-state index is 6.39. The van der Waals surface area contributed by atoms with Gasteiger partial charge in [-0.25, -0.2) is 4.98 Å². The number of anilines is 1. The summed E-state index contributed by atoms with van der Waals surface area (Å²) in [4.78, 5) is 6.86. The number of nitrogens with zero attached hydrogens (tertiary/aromatic N) is 5. The van der Waals surface area contributed by atoms with E-state index in [0.29, 0.717) is 29.8 Å². The minimum absolute atomic E-state index is 0.0606. The molecule has 0 spiro atoms. The minimum Gasteiger partial charge on any atom is -0.376 e. The number of rotatable bonds is 3. The molecule has 3 fully saturated rings. The predicted octanol–water partition coefficient (Wildman–Crippen LogP) is 3.54. The zero-order valence-corrected chi connectivity index (χ0v) is 18.9. The highest BCUT2D eigenvalue weighted by atomic mass is 16.5. The molecule has 0 radical (unpaired) electrons. The van der Waals surface area contributed by atoms with Crippen molar-refractivity contribution in [1.82, 2.24) is 19.6 Å². The summed E-state index contributed by atoms with van der Waals surface area (Å²) in [7, 11) is 0. The molecule has 2 saturated heterocycles. The molecule has 0 bridgehead atoms. The number of ether oxygens (including phenoxy) is 1. The van der Waals surface area contributed by atoms with Crippen molar-refractivity contribution in [3.05, 3.63) is 42.9 Å². The Bertz CT molecular complexity index is 1110. The van der Waals surface area contributed by atoms with Crippen LogP contribution in [0.3, 0.4) is 0 Å². The molecule has 3 aromatic rings. The van der Waals surface area contributed by atoms with E-state index in [4.69, 9.17) is 15.6 Å². The monoisotopic (exact) mass is 432 g/mol. The largest absolute Gasteiger partial charge is 0.376 e. The number of nitrogens with two attached hydrogens (primary N) is 1. The van der Waals surface area contributed by atoms with Crippen LogP contribution in [0.4, 0.5) is 5.82 Å². The zero-order valence-electron chi connectivity index (χ0n) is 18.9. The molecule has 0 aromatic carbocycles. The Balaban J connectivity index is 1.29. The van der Waals surface area contributed by atoms with Crippen molar-refractivity contribution in [2.45, 2.75) is 57.2 Å². The van der Waals surface area contributed by atoms with Gasteiger partial charge in [0.15, 0.2) is 5.82 Å². The average molecular weight is 433 g/mol. The van der Waals surface area contributed by atoms with E-state index in [9.17, 15) is 0 Å². The van der Waals surface area contributed by atoms with Gasteiger partial charge in [-0.15, -0.1) is 10.2 Å². The normalized spacial score (nSPS) is 31.8. The van der Waals surface area contributed by atoms with Crippen molar-refractivity contribution in [2.75, 3.05) is 18.1 Å². The van der Waals surface area contributed by atoms with Crippen molar-refractivity contribution in [2.24, 2.45) is 23.5 Å². The van der Waals surface area contributed by atoms with E-state index in [1.165, 1.54) is 0 Å². The van der Waals surface area contributed by atoms with Crippen LogP contribution in [0, 0.1) is 17.8 Å². The first-order valence-corrected chi connectivity index (χ1v) is 11.9. The first-order valence-electron chi connectivity index (χ1n) is 11.9. The minimum atomic E-state index is -0.0606.